The maximum atomic E-state index is 5.74. The van der Waals surface area contributed by atoms with Crippen molar-refractivity contribution in [2.24, 2.45) is 0 Å². The standard InChI is InChI=1S/C16H27N3OS/c1-13(2)16-17-14(12-21-16)10-18-5-7-19(8-6-18)11-15-4-3-9-20-15/h12-13,15H,3-11H2,1-2H3/t15-/m0/s1. The molecule has 2 saturated heterocycles. The van der Waals surface area contributed by atoms with Gasteiger partial charge in [0.15, 0.2) is 0 Å². The third kappa shape index (κ3) is 4.25. The van der Waals surface area contributed by atoms with Crippen molar-refractivity contribution in [3.8, 4) is 0 Å². The average molecular weight is 309 g/mol. The van der Waals surface area contributed by atoms with E-state index >= 15 is 0 Å². The maximum absolute atomic E-state index is 5.74. The molecule has 3 heterocycles. The summed E-state index contributed by atoms with van der Waals surface area (Å²) in [7, 11) is 0. The third-order valence-electron chi connectivity index (χ3n) is 4.40. The Labute approximate surface area is 132 Å². The van der Waals surface area contributed by atoms with Crippen molar-refractivity contribution in [1.82, 2.24) is 14.8 Å². The summed E-state index contributed by atoms with van der Waals surface area (Å²) in [6.45, 7) is 12.2. The number of aromatic nitrogens is 1. The summed E-state index contributed by atoms with van der Waals surface area (Å²) < 4.78 is 5.74. The van der Waals surface area contributed by atoms with Gasteiger partial charge in [0.05, 0.1) is 16.8 Å². The molecule has 0 aromatic carbocycles. The lowest BCUT2D eigenvalue weighted by Gasteiger charge is -2.35. The van der Waals surface area contributed by atoms with E-state index in [1.165, 1.54) is 36.6 Å². The molecule has 0 saturated carbocycles. The van der Waals surface area contributed by atoms with Crippen LogP contribution in [0.15, 0.2) is 5.38 Å². The van der Waals surface area contributed by atoms with Crippen LogP contribution in [0.5, 0.6) is 0 Å². The summed E-state index contributed by atoms with van der Waals surface area (Å²) in [4.78, 5) is 9.84. The molecule has 0 bridgehead atoms. The molecule has 1 aromatic heterocycles. The first-order valence-electron chi connectivity index (χ1n) is 8.21. The van der Waals surface area contributed by atoms with Crippen LogP contribution >= 0.6 is 11.3 Å². The number of ether oxygens (including phenoxy) is 1. The molecule has 1 atom stereocenters. The molecule has 0 spiro atoms. The van der Waals surface area contributed by atoms with E-state index in [2.05, 4.69) is 29.0 Å². The molecular formula is C16H27N3OS. The Morgan fingerprint density at radius 3 is 2.67 bits per heavy atom. The van der Waals surface area contributed by atoms with Gasteiger partial charge in [-0.05, 0) is 12.8 Å². The molecule has 0 N–H and O–H groups in total. The molecule has 118 valence electrons. The van der Waals surface area contributed by atoms with Crippen LogP contribution in [0.3, 0.4) is 0 Å². The zero-order valence-electron chi connectivity index (χ0n) is 13.3. The van der Waals surface area contributed by atoms with E-state index in [1.807, 2.05) is 0 Å². The van der Waals surface area contributed by atoms with Crippen molar-refractivity contribution >= 4 is 11.3 Å². The van der Waals surface area contributed by atoms with Crippen LogP contribution in [-0.4, -0.2) is 60.2 Å². The predicted octanol–water partition coefficient (Wildman–Crippen LogP) is 2.56. The van der Waals surface area contributed by atoms with Crippen molar-refractivity contribution in [2.45, 2.75) is 45.3 Å². The fourth-order valence-electron chi connectivity index (χ4n) is 3.10. The number of rotatable bonds is 5. The topological polar surface area (TPSA) is 28.6 Å². The summed E-state index contributed by atoms with van der Waals surface area (Å²) in [6, 6.07) is 0. The minimum Gasteiger partial charge on any atom is -0.377 e. The van der Waals surface area contributed by atoms with Crippen LogP contribution < -0.4 is 0 Å². The van der Waals surface area contributed by atoms with Crippen LogP contribution in [-0.2, 0) is 11.3 Å². The number of thiazole rings is 1. The van der Waals surface area contributed by atoms with E-state index in [9.17, 15) is 0 Å². The van der Waals surface area contributed by atoms with Crippen LogP contribution in [0, 0.1) is 0 Å². The Morgan fingerprint density at radius 2 is 2.05 bits per heavy atom. The summed E-state index contributed by atoms with van der Waals surface area (Å²) in [5.41, 5.74) is 1.25. The van der Waals surface area contributed by atoms with Crippen molar-refractivity contribution in [1.29, 1.82) is 0 Å². The first kappa shape index (κ1) is 15.4. The van der Waals surface area contributed by atoms with E-state index < -0.39 is 0 Å². The molecule has 5 heteroatoms. The lowest BCUT2D eigenvalue weighted by atomic mass is 10.2. The smallest absolute Gasteiger partial charge is 0.0954 e. The predicted molar refractivity (Wildman–Crippen MR) is 86.9 cm³/mol. The van der Waals surface area contributed by atoms with Gasteiger partial charge in [-0.3, -0.25) is 9.80 Å². The Hall–Kier alpha value is -0.490. The van der Waals surface area contributed by atoms with Crippen LogP contribution in [0.1, 0.15) is 43.3 Å². The van der Waals surface area contributed by atoms with Crippen molar-refractivity contribution < 1.29 is 4.74 Å². The zero-order valence-corrected chi connectivity index (χ0v) is 14.1. The number of hydrogen-bond donors (Lipinski definition) is 0. The Bertz CT molecular complexity index is 434. The highest BCUT2D eigenvalue weighted by atomic mass is 32.1. The lowest BCUT2D eigenvalue weighted by molar-refractivity contribution is 0.0487. The molecule has 2 aliphatic rings. The van der Waals surface area contributed by atoms with Crippen LogP contribution in [0.25, 0.3) is 0 Å². The second kappa shape index (κ2) is 7.18. The van der Waals surface area contributed by atoms with E-state index in [-0.39, 0.29) is 0 Å². The van der Waals surface area contributed by atoms with Gasteiger partial charge in [0, 0.05) is 57.2 Å². The molecule has 2 fully saturated rings. The Kier molecular flexibility index (Phi) is 5.27. The van der Waals surface area contributed by atoms with Crippen molar-refractivity contribution in [3.05, 3.63) is 16.1 Å². The average Bonchev–Trinajstić information content (AvgIpc) is 3.12. The van der Waals surface area contributed by atoms with Crippen molar-refractivity contribution in [2.75, 3.05) is 39.3 Å². The molecular weight excluding hydrogens is 282 g/mol. The van der Waals surface area contributed by atoms with Gasteiger partial charge in [0.1, 0.15) is 0 Å². The van der Waals surface area contributed by atoms with Gasteiger partial charge in [-0.15, -0.1) is 11.3 Å². The molecule has 3 rings (SSSR count). The first-order chi connectivity index (χ1) is 10.2. The normalized spacial score (nSPS) is 25.0. The van der Waals surface area contributed by atoms with E-state index in [4.69, 9.17) is 9.72 Å². The second-order valence-corrected chi connectivity index (χ2v) is 7.43. The summed E-state index contributed by atoms with van der Waals surface area (Å²) in [5.74, 6) is 0.548. The second-order valence-electron chi connectivity index (χ2n) is 6.54. The molecule has 0 amide bonds. The SMILES string of the molecule is CC(C)c1nc(CN2CCN(C[C@@H]3CCCO3)CC2)cs1. The molecule has 1 aromatic rings. The maximum Gasteiger partial charge on any atom is 0.0954 e. The van der Waals surface area contributed by atoms with Crippen LogP contribution in [0.2, 0.25) is 0 Å². The van der Waals surface area contributed by atoms with Gasteiger partial charge in [-0.25, -0.2) is 4.98 Å². The van der Waals surface area contributed by atoms with Gasteiger partial charge in [0.25, 0.3) is 0 Å². The van der Waals surface area contributed by atoms with E-state index in [1.54, 1.807) is 11.3 Å². The molecule has 4 nitrogen and oxygen atoms in total. The highest BCUT2D eigenvalue weighted by molar-refractivity contribution is 7.09. The van der Waals surface area contributed by atoms with Crippen molar-refractivity contribution in [3.63, 3.8) is 0 Å². The number of piperazine rings is 1. The monoisotopic (exact) mass is 309 g/mol. The van der Waals surface area contributed by atoms with Gasteiger partial charge >= 0.3 is 0 Å². The summed E-state index contributed by atoms with van der Waals surface area (Å²) >= 11 is 1.80. The fourth-order valence-corrected chi connectivity index (χ4v) is 3.92. The lowest BCUT2D eigenvalue weighted by Crippen LogP contribution is -2.48. The minimum absolute atomic E-state index is 0.490. The number of hydrogen-bond acceptors (Lipinski definition) is 5. The molecule has 2 aliphatic heterocycles. The molecule has 0 radical (unpaired) electrons. The highest BCUT2D eigenvalue weighted by Crippen LogP contribution is 2.20. The fraction of sp³-hybridized carbons (Fsp3) is 0.812. The van der Waals surface area contributed by atoms with E-state index in [0.29, 0.717) is 12.0 Å². The molecule has 0 unspecified atom stereocenters. The van der Waals surface area contributed by atoms with Gasteiger partial charge < -0.3 is 4.74 Å². The van der Waals surface area contributed by atoms with Gasteiger partial charge in [0.2, 0.25) is 0 Å². The summed E-state index contributed by atoms with van der Waals surface area (Å²) in [6.07, 6.45) is 2.98. The molecule has 21 heavy (non-hydrogen) atoms. The first-order valence-corrected chi connectivity index (χ1v) is 9.09. The van der Waals surface area contributed by atoms with Gasteiger partial charge in [-0.2, -0.15) is 0 Å². The third-order valence-corrected chi connectivity index (χ3v) is 5.59. The minimum atomic E-state index is 0.490. The van der Waals surface area contributed by atoms with Crippen LogP contribution in [0.4, 0.5) is 0 Å². The quantitative estimate of drug-likeness (QED) is 0.836. The Morgan fingerprint density at radius 1 is 1.29 bits per heavy atom. The Balaban J connectivity index is 1.42. The molecule has 0 aliphatic carbocycles. The zero-order chi connectivity index (χ0) is 14.7. The highest BCUT2D eigenvalue weighted by Gasteiger charge is 2.23. The largest absolute Gasteiger partial charge is 0.377 e. The summed E-state index contributed by atoms with van der Waals surface area (Å²) in [5, 5.41) is 3.50. The van der Waals surface area contributed by atoms with Gasteiger partial charge in [-0.1, -0.05) is 13.8 Å². The number of nitrogens with zero attached hydrogens (tertiary/aromatic N) is 3. The van der Waals surface area contributed by atoms with E-state index in [0.717, 1.165) is 32.8 Å².